The molecule has 130 valence electrons. The first-order valence-electron chi connectivity index (χ1n) is 6.77. The van der Waals surface area contributed by atoms with E-state index in [0.717, 1.165) is 23.3 Å². The fraction of sp³-hybridized carbons (Fsp3) is 0.214. The number of alkyl halides is 3. The number of nitriles is 1. The lowest BCUT2D eigenvalue weighted by Gasteiger charge is -2.09. The van der Waals surface area contributed by atoms with E-state index in [-0.39, 0.29) is 17.1 Å². The van der Waals surface area contributed by atoms with Gasteiger partial charge in [0.15, 0.2) is 12.2 Å². The summed E-state index contributed by atoms with van der Waals surface area (Å²) in [4.78, 5) is 14.1. The van der Waals surface area contributed by atoms with Crippen molar-refractivity contribution < 1.29 is 22.8 Å². The maximum absolute atomic E-state index is 12.8. The van der Waals surface area contributed by atoms with Crippen molar-refractivity contribution >= 4 is 17.9 Å². The average Bonchev–Trinajstić information content (AvgIpc) is 2.96. The van der Waals surface area contributed by atoms with Crippen molar-refractivity contribution in [3.05, 3.63) is 45.6 Å². The highest BCUT2D eigenvalue weighted by Crippen LogP contribution is 2.35. The standard InChI is InChI=1S/C14H10F3N5O3/c1-2-25-8-19-13-9(6-18)7-20-21(13)11-4-3-10(14(15,16)17)5-12(11)22(23)24/h3-5,7-8H,2H2,1H3/b19-8+. The molecule has 0 unspecified atom stereocenters. The molecule has 1 aromatic heterocycles. The van der Waals surface area contributed by atoms with Crippen LogP contribution < -0.4 is 0 Å². The zero-order valence-electron chi connectivity index (χ0n) is 12.7. The summed E-state index contributed by atoms with van der Waals surface area (Å²) in [6.45, 7) is 1.98. The maximum Gasteiger partial charge on any atom is 0.416 e. The van der Waals surface area contributed by atoms with Gasteiger partial charge < -0.3 is 4.74 Å². The van der Waals surface area contributed by atoms with Crippen molar-refractivity contribution in [3.63, 3.8) is 0 Å². The van der Waals surface area contributed by atoms with Gasteiger partial charge in [-0.25, -0.2) is 4.68 Å². The van der Waals surface area contributed by atoms with Gasteiger partial charge in [-0.05, 0) is 19.1 Å². The van der Waals surface area contributed by atoms with Crippen molar-refractivity contribution in [1.82, 2.24) is 9.78 Å². The highest BCUT2D eigenvalue weighted by molar-refractivity contribution is 5.64. The molecule has 8 nitrogen and oxygen atoms in total. The maximum atomic E-state index is 12.8. The van der Waals surface area contributed by atoms with Gasteiger partial charge >= 0.3 is 6.18 Å². The van der Waals surface area contributed by atoms with Gasteiger partial charge in [0, 0.05) is 6.07 Å². The predicted molar refractivity (Wildman–Crippen MR) is 79.7 cm³/mol. The summed E-state index contributed by atoms with van der Waals surface area (Å²) in [5, 5.41) is 24.1. The molecule has 0 aliphatic rings. The topological polar surface area (TPSA) is 106 Å². The third-order valence-electron chi connectivity index (χ3n) is 3.01. The Labute approximate surface area is 138 Å². The van der Waals surface area contributed by atoms with Crippen molar-refractivity contribution in [2.45, 2.75) is 13.1 Å². The van der Waals surface area contributed by atoms with E-state index < -0.39 is 22.4 Å². The summed E-state index contributed by atoms with van der Waals surface area (Å²) in [7, 11) is 0. The number of halogens is 3. The minimum atomic E-state index is -4.73. The number of nitro benzene ring substituents is 1. The third-order valence-corrected chi connectivity index (χ3v) is 3.01. The van der Waals surface area contributed by atoms with Crippen molar-refractivity contribution in [1.29, 1.82) is 5.26 Å². The number of hydrogen-bond acceptors (Lipinski definition) is 6. The highest BCUT2D eigenvalue weighted by Gasteiger charge is 2.33. The minimum Gasteiger partial charge on any atom is -0.483 e. The number of ether oxygens (including phenoxy) is 1. The SMILES string of the molecule is CCO/C=N/c1c(C#N)cnn1-c1ccc(C(F)(F)F)cc1[N+](=O)[O-]. The summed E-state index contributed by atoms with van der Waals surface area (Å²) in [5.41, 5.74) is -2.28. The molecule has 0 saturated heterocycles. The number of benzene rings is 1. The smallest absolute Gasteiger partial charge is 0.416 e. The summed E-state index contributed by atoms with van der Waals surface area (Å²) in [5.74, 6) is -0.0983. The summed E-state index contributed by atoms with van der Waals surface area (Å²) in [6, 6.07) is 3.78. The number of nitrogens with zero attached hydrogens (tertiary/aromatic N) is 5. The molecule has 0 bridgehead atoms. The molecular formula is C14H10F3N5O3. The van der Waals surface area contributed by atoms with Crippen molar-refractivity contribution in [2.75, 3.05) is 6.61 Å². The molecule has 2 aromatic rings. The van der Waals surface area contributed by atoms with E-state index in [0.29, 0.717) is 18.7 Å². The van der Waals surface area contributed by atoms with E-state index in [9.17, 15) is 23.3 Å². The van der Waals surface area contributed by atoms with Gasteiger partial charge in [-0.15, -0.1) is 0 Å². The Bertz CT molecular complexity index is 868. The zero-order valence-corrected chi connectivity index (χ0v) is 12.7. The van der Waals surface area contributed by atoms with E-state index >= 15 is 0 Å². The molecule has 11 heteroatoms. The fourth-order valence-electron chi connectivity index (χ4n) is 1.91. The Morgan fingerprint density at radius 3 is 2.80 bits per heavy atom. The first-order chi connectivity index (χ1) is 11.8. The lowest BCUT2D eigenvalue weighted by atomic mass is 10.1. The van der Waals surface area contributed by atoms with Gasteiger partial charge in [-0.1, -0.05) is 0 Å². The number of aliphatic imine (C=N–C) groups is 1. The van der Waals surface area contributed by atoms with Crippen LogP contribution in [0, 0.1) is 21.4 Å². The van der Waals surface area contributed by atoms with E-state index in [4.69, 9.17) is 10.00 Å². The van der Waals surface area contributed by atoms with Crippen LogP contribution in [0.1, 0.15) is 18.1 Å². The summed E-state index contributed by atoms with van der Waals surface area (Å²) < 4.78 is 44.2. The van der Waals surface area contributed by atoms with Gasteiger partial charge in [0.1, 0.15) is 17.3 Å². The first kappa shape index (κ1) is 17.9. The molecule has 0 saturated carbocycles. The third kappa shape index (κ3) is 3.74. The lowest BCUT2D eigenvalue weighted by Crippen LogP contribution is -2.08. The Morgan fingerprint density at radius 1 is 1.52 bits per heavy atom. The molecule has 2 rings (SSSR count). The number of nitro groups is 1. The monoisotopic (exact) mass is 353 g/mol. The molecule has 1 heterocycles. The van der Waals surface area contributed by atoms with E-state index in [1.807, 2.05) is 0 Å². The molecule has 0 amide bonds. The minimum absolute atomic E-state index is 0.0230. The number of aromatic nitrogens is 2. The molecule has 0 radical (unpaired) electrons. The van der Waals surface area contributed by atoms with Crippen LogP contribution in [0.25, 0.3) is 5.69 Å². The van der Waals surface area contributed by atoms with Crippen molar-refractivity contribution in [2.24, 2.45) is 4.99 Å². The molecule has 0 spiro atoms. The Balaban J connectivity index is 2.65. The quantitative estimate of drug-likeness (QED) is 0.354. The van der Waals surface area contributed by atoms with Gasteiger partial charge in [-0.2, -0.15) is 28.5 Å². The van der Waals surface area contributed by atoms with E-state index in [1.54, 1.807) is 13.0 Å². The molecule has 1 aromatic carbocycles. The largest absolute Gasteiger partial charge is 0.483 e. The normalized spacial score (nSPS) is 11.5. The van der Waals surface area contributed by atoms with Crippen LogP contribution in [0.3, 0.4) is 0 Å². The van der Waals surface area contributed by atoms with E-state index in [2.05, 4.69) is 10.1 Å². The van der Waals surface area contributed by atoms with E-state index in [1.165, 1.54) is 0 Å². The van der Waals surface area contributed by atoms with Gasteiger partial charge in [0.2, 0.25) is 0 Å². The average molecular weight is 353 g/mol. The number of hydrogen-bond donors (Lipinski definition) is 0. The zero-order chi connectivity index (χ0) is 18.6. The van der Waals surface area contributed by atoms with Crippen LogP contribution >= 0.6 is 0 Å². The van der Waals surface area contributed by atoms with Crippen LogP contribution in [0.4, 0.5) is 24.7 Å². The second-order valence-corrected chi connectivity index (χ2v) is 4.55. The molecule has 0 aliphatic heterocycles. The second-order valence-electron chi connectivity index (χ2n) is 4.55. The Morgan fingerprint density at radius 2 is 2.24 bits per heavy atom. The summed E-state index contributed by atoms with van der Waals surface area (Å²) >= 11 is 0. The van der Waals surface area contributed by atoms with Crippen LogP contribution in [-0.2, 0) is 10.9 Å². The predicted octanol–water partition coefficient (Wildman–Crippen LogP) is 3.37. The molecule has 0 N–H and O–H groups in total. The molecule has 0 fully saturated rings. The van der Waals surface area contributed by atoms with Crippen LogP contribution in [0.2, 0.25) is 0 Å². The summed E-state index contributed by atoms with van der Waals surface area (Å²) in [6.07, 6.45) is -2.62. The van der Waals surface area contributed by atoms with Gasteiger partial charge in [0.25, 0.3) is 5.69 Å². The Kier molecular flexibility index (Phi) is 5.02. The highest BCUT2D eigenvalue weighted by atomic mass is 19.4. The van der Waals surface area contributed by atoms with Crippen LogP contribution in [-0.4, -0.2) is 27.7 Å². The lowest BCUT2D eigenvalue weighted by molar-refractivity contribution is -0.384. The Hall–Kier alpha value is -3.42. The van der Waals surface area contributed by atoms with Gasteiger partial charge in [0.05, 0.1) is 23.3 Å². The van der Waals surface area contributed by atoms with Gasteiger partial charge in [-0.3, -0.25) is 10.1 Å². The molecule has 0 atom stereocenters. The second kappa shape index (κ2) is 7.00. The molecule has 25 heavy (non-hydrogen) atoms. The first-order valence-corrected chi connectivity index (χ1v) is 6.77. The molecule has 0 aliphatic carbocycles. The molecular weight excluding hydrogens is 343 g/mol. The number of rotatable bonds is 5. The van der Waals surface area contributed by atoms with Crippen molar-refractivity contribution in [3.8, 4) is 11.8 Å². The fourth-order valence-corrected chi connectivity index (χ4v) is 1.91. The van der Waals surface area contributed by atoms with Crippen LogP contribution in [0.15, 0.2) is 29.4 Å². The van der Waals surface area contributed by atoms with Crippen LogP contribution in [0.5, 0.6) is 0 Å².